The lowest BCUT2D eigenvalue weighted by molar-refractivity contribution is 0.0511. The Hall–Kier alpha value is -1.62. The minimum Gasteiger partial charge on any atom is -0.381 e. The quantitative estimate of drug-likeness (QED) is 0.674. The Morgan fingerprint density at radius 2 is 1.88 bits per heavy atom. The van der Waals surface area contributed by atoms with Crippen LogP contribution in [0.5, 0.6) is 0 Å². The zero-order valence-electron chi connectivity index (χ0n) is 15.4. The second-order valence-electron chi connectivity index (χ2n) is 7.47. The number of ether oxygens (including phenoxy) is 1. The molecule has 5 heteroatoms. The van der Waals surface area contributed by atoms with Crippen LogP contribution in [-0.2, 0) is 10.2 Å². The molecule has 0 spiro atoms. The number of aliphatic imine (C=N–C) groups is 1. The molecule has 0 unspecified atom stereocenters. The molecule has 25 heavy (non-hydrogen) atoms. The molecule has 1 N–H and O–H groups in total. The lowest BCUT2D eigenvalue weighted by Crippen LogP contribution is -2.51. The van der Waals surface area contributed by atoms with Gasteiger partial charge in [-0.1, -0.05) is 19.1 Å². The molecule has 1 aromatic carbocycles. The van der Waals surface area contributed by atoms with E-state index in [9.17, 15) is 4.39 Å². The molecule has 1 aromatic rings. The van der Waals surface area contributed by atoms with Gasteiger partial charge in [0.2, 0.25) is 0 Å². The maximum Gasteiger partial charge on any atom is 0.193 e. The van der Waals surface area contributed by atoms with E-state index in [0.29, 0.717) is 0 Å². The number of nitrogens with zero attached hydrogens (tertiary/aromatic N) is 2. The fraction of sp³-hybridized carbons (Fsp3) is 0.650. The Bertz CT molecular complexity index is 573. The van der Waals surface area contributed by atoms with Gasteiger partial charge < -0.3 is 15.0 Å². The maximum atomic E-state index is 13.4. The van der Waals surface area contributed by atoms with Gasteiger partial charge in [-0.25, -0.2) is 4.39 Å². The third-order valence-corrected chi connectivity index (χ3v) is 5.79. The molecule has 2 saturated heterocycles. The highest BCUT2D eigenvalue weighted by Gasteiger charge is 2.35. The number of hydrogen-bond donors (Lipinski definition) is 1. The summed E-state index contributed by atoms with van der Waals surface area (Å²) in [5, 5.41) is 3.60. The topological polar surface area (TPSA) is 36.9 Å². The van der Waals surface area contributed by atoms with E-state index in [2.05, 4.69) is 22.1 Å². The van der Waals surface area contributed by atoms with Crippen molar-refractivity contribution < 1.29 is 9.13 Å². The highest BCUT2D eigenvalue weighted by molar-refractivity contribution is 5.80. The molecule has 0 bridgehead atoms. The smallest absolute Gasteiger partial charge is 0.193 e. The van der Waals surface area contributed by atoms with Crippen molar-refractivity contribution in [3.63, 3.8) is 0 Å². The molecule has 0 atom stereocenters. The van der Waals surface area contributed by atoms with E-state index in [1.54, 1.807) is 12.1 Å². The van der Waals surface area contributed by atoms with Crippen LogP contribution in [0.3, 0.4) is 0 Å². The number of rotatable bonds is 3. The number of hydrogen-bond acceptors (Lipinski definition) is 2. The molecule has 138 valence electrons. The van der Waals surface area contributed by atoms with E-state index in [-0.39, 0.29) is 11.2 Å². The summed E-state index contributed by atoms with van der Waals surface area (Å²) in [4.78, 5) is 6.86. The van der Waals surface area contributed by atoms with Gasteiger partial charge in [0.25, 0.3) is 0 Å². The fourth-order valence-electron chi connectivity index (χ4n) is 3.93. The molecular formula is C20H30FN3O. The highest BCUT2D eigenvalue weighted by Crippen LogP contribution is 2.34. The monoisotopic (exact) mass is 347 g/mol. The number of halogens is 1. The summed E-state index contributed by atoms with van der Waals surface area (Å²) in [6, 6.07) is 6.97. The van der Waals surface area contributed by atoms with Crippen molar-refractivity contribution in [2.75, 3.05) is 39.9 Å². The average Bonchev–Trinajstić information content (AvgIpc) is 2.65. The van der Waals surface area contributed by atoms with E-state index in [1.165, 1.54) is 18.4 Å². The van der Waals surface area contributed by atoms with Crippen LogP contribution in [-0.4, -0.2) is 50.8 Å². The van der Waals surface area contributed by atoms with Gasteiger partial charge in [0, 0.05) is 45.3 Å². The van der Waals surface area contributed by atoms with Crippen LogP contribution in [0.1, 0.15) is 38.2 Å². The number of guanidine groups is 1. The van der Waals surface area contributed by atoms with Gasteiger partial charge in [0.15, 0.2) is 5.96 Å². The number of nitrogens with one attached hydrogen (secondary N) is 1. The Labute approximate surface area is 150 Å². The van der Waals surface area contributed by atoms with Crippen molar-refractivity contribution in [3.8, 4) is 0 Å². The van der Waals surface area contributed by atoms with Gasteiger partial charge in [-0.2, -0.15) is 0 Å². The van der Waals surface area contributed by atoms with Crippen LogP contribution in [0.15, 0.2) is 29.3 Å². The van der Waals surface area contributed by atoms with Gasteiger partial charge >= 0.3 is 0 Å². The predicted octanol–water partition coefficient (Wildman–Crippen LogP) is 3.18. The summed E-state index contributed by atoms with van der Waals surface area (Å²) in [5.74, 6) is 1.60. The van der Waals surface area contributed by atoms with E-state index >= 15 is 0 Å². The number of likely N-dealkylation sites (tertiary alicyclic amines) is 1. The van der Waals surface area contributed by atoms with E-state index in [1.807, 2.05) is 19.2 Å². The fourth-order valence-corrected chi connectivity index (χ4v) is 3.93. The molecule has 2 heterocycles. The van der Waals surface area contributed by atoms with Gasteiger partial charge in [0.05, 0.1) is 0 Å². The summed E-state index contributed by atoms with van der Waals surface area (Å²) in [6.07, 6.45) is 4.33. The van der Waals surface area contributed by atoms with Crippen molar-refractivity contribution in [2.45, 2.75) is 38.0 Å². The second-order valence-corrected chi connectivity index (χ2v) is 7.47. The molecule has 4 nitrogen and oxygen atoms in total. The van der Waals surface area contributed by atoms with Crippen molar-refractivity contribution in [1.29, 1.82) is 0 Å². The number of benzene rings is 1. The van der Waals surface area contributed by atoms with Crippen LogP contribution in [0.4, 0.5) is 4.39 Å². The predicted molar refractivity (Wildman–Crippen MR) is 99.5 cm³/mol. The van der Waals surface area contributed by atoms with Crippen LogP contribution in [0, 0.1) is 11.7 Å². The summed E-state index contributed by atoms with van der Waals surface area (Å²) >= 11 is 0. The highest BCUT2D eigenvalue weighted by atomic mass is 19.1. The average molecular weight is 347 g/mol. The Morgan fingerprint density at radius 3 is 2.48 bits per heavy atom. The lowest BCUT2D eigenvalue weighted by atomic mass is 9.74. The molecule has 0 aliphatic carbocycles. The molecular weight excluding hydrogens is 317 g/mol. The Kier molecular flexibility index (Phi) is 5.94. The third kappa shape index (κ3) is 4.32. The first-order chi connectivity index (χ1) is 12.1. The number of piperidine rings is 1. The minimum absolute atomic E-state index is 0.0228. The van der Waals surface area contributed by atoms with Gasteiger partial charge in [-0.05, 0) is 49.3 Å². The van der Waals surface area contributed by atoms with E-state index in [4.69, 9.17) is 4.74 Å². The third-order valence-electron chi connectivity index (χ3n) is 5.79. The molecule has 0 aromatic heterocycles. The molecule has 0 radical (unpaired) electrons. The normalized spacial score (nSPS) is 22.0. The van der Waals surface area contributed by atoms with Gasteiger partial charge in [-0.15, -0.1) is 0 Å². The molecule has 2 aliphatic heterocycles. The molecule has 0 saturated carbocycles. The van der Waals surface area contributed by atoms with Crippen LogP contribution in [0.2, 0.25) is 0 Å². The van der Waals surface area contributed by atoms with Gasteiger partial charge in [-0.3, -0.25) is 4.99 Å². The largest absolute Gasteiger partial charge is 0.381 e. The summed E-state index contributed by atoms with van der Waals surface area (Å²) in [5.41, 5.74) is 1.16. The molecule has 2 aliphatic rings. The first-order valence-corrected chi connectivity index (χ1v) is 9.42. The second kappa shape index (κ2) is 8.17. The summed E-state index contributed by atoms with van der Waals surface area (Å²) in [7, 11) is 1.86. The summed E-state index contributed by atoms with van der Waals surface area (Å²) in [6.45, 7) is 6.75. The zero-order valence-corrected chi connectivity index (χ0v) is 15.4. The van der Waals surface area contributed by atoms with Crippen LogP contribution < -0.4 is 5.32 Å². The minimum atomic E-state index is -0.183. The lowest BCUT2D eigenvalue weighted by Gasteiger charge is -2.40. The van der Waals surface area contributed by atoms with E-state index in [0.717, 1.165) is 57.6 Å². The zero-order chi connectivity index (χ0) is 17.7. The van der Waals surface area contributed by atoms with Crippen LogP contribution in [0.25, 0.3) is 0 Å². The maximum absolute atomic E-state index is 13.4. The molecule has 3 rings (SSSR count). The van der Waals surface area contributed by atoms with Crippen molar-refractivity contribution in [2.24, 2.45) is 10.9 Å². The standard InChI is InChI=1S/C20H30FN3O/c1-16-7-11-24(12-8-16)19(22-2)23-15-20(9-13-25-14-10-20)17-3-5-18(21)6-4-17/h3-6,16H,7-15H2,1-2H3,(H,22,23). The first-order valence-electron chi connectivity index (χ1n) is 9.42. The SMILES string of the molecule is CN=C(NCC1(c2ccc(F)cc2)CCOCC1)N1CCC(C)CC1. The van der Waals surface area contributed by atoms with Crippen molar-refractivity contribution in [1.82, 2.24) is 10.2 Å². The van der Waals surface area contributed by atoms with Crippen LogP contribution >= 0.6 is 0 Å². The van der Waals surface area contributed by atoms with Crippen molar-refractivity contribution >= 4 is 5.96 Å². The molecule has 2 fully saturated rings. The molecule has 0 amide bonds. The first kappa shape index (κ1) is 18.2. The Morgan fingerprint density at radius 1 is 1.24 bits per heavy atom. The van der Waals surface area contributed by atoms with E-state index < -0.39 is 0 Å². The van der Waals surface area contributed by atoms with Gasteiger partial charge in [0.1, 0.15) is 5.82 Å². The van der Waals surface area contributed by atoms with Crippen molar-refractivity contribution in [3.05, 3.63) is 35.6 Å². The summed E-state index contributed by atoms with van der Waals surface area (Å²) < 4.78 is 18.9. The Balaban J connectivity index is 1.71.